The SMILES string of the molecule is COCC[Si](C)(C)C.Clc1ccnc2[nH]cc(-c3cnn(C4CCCCO4)c3)c12. The molecule has 0 amide bonds. The Morgan fingerprint density at radius 3 is 2.83 bits per heavy atom. The maximum Gasteiger partial charge on any atom is 0.150 e. The van der Waals surface area contributed by atoms with Crippen LogP contribution in [0.4, 0.5) is 0 Å². The molecule has 1 saturated heterocycles. The van der Waals surface area contributed by atoms with E-state index >= 15 is 0 Å². The number of hydrogen-bond donors (Lipinski definition) is 1. The molecular formula is C21H31ClN4O2Si. The van der Waals surface area contributed by atoms with Crippen molar-refractivity contribution in [3.8, 4) is 11.1 Å². The minimum absolute atomic E-state index is 0.0475. The largest absolute Gasteiger partial charge is 0.385 e. The first-order valence-corrected chi connectivity index (χ1v) is 14.2. The first-order valence-electron chi connectivity index (χ1n) is 10.2. The highest BCUT2D eigenvalue weighted by atomic mass is 35.5. The summed E-state index contributed by atoms with van der Waals surface area (Å²) in [5.74, 6) is 0. The molecule has 0 bridgehead atoms. The van der Waals surface area contributed by atoms with Crippen LogP contribution in [-0.2, 0) is 9.47 Å². The number of ether oxygens (including phenoxy) is 2. The molecule has 1 atom stereocenters. The molecule has 3 aromatic heterocycles. The number of H-pyrrole nitrogens is 1. The second kappa shape index (κ2) is 9.89. The summed E-state index contributed by atoms with van der Waals surface area (Å²) in [4.78, 5) is 7.45. The monoisotopic (exact) mass is 434 g/mol. The molecule has 1 fully saturated rings. The average molecular weight is 435 g/mol. The molecule has 1 aliphatic rings. The summed E-state index contributed by atoms with van der Waals surface area (Å²) in [5.41, 5.74) is 2.83. The van der Waals surface area contributed by atoms with E-state index in [0.717, 1.165) is 48.2 Å². The van der Waals surface area contributed by atoms with Crippen molar-refractivity contribution >= 4 is 30.7 Å². The molecule has 158 valence electrons. The van der Waals surface area contributed by atoms with Crippen LogP contribution in [0.5, 0.6) is 0 Å². The number of halogens is 1. The van der Waals surface area contributed by atoms with Gasteiger partial charge in [-0.25, -0.2) is 9.67 Å². The number of nitrogens with one attached hydrogen (secondary N) is 1. The quantitative estimate of drug-likeness (QED) is 0.519. The third-order valence-electron chi connectivity index (χ3n) is 4.94. The molecule has 8 heteroatoms. The van der Waals surface area contributed by atoms with Crippen molar-refractivity contribution in [3.63, 3.8) is 0 Å². The molecule has 29 heavy (non-hydrogen) atoms. The number of rotatable bonds is 5. The Hall–Kier alpha value is -1.67. The Kier molecular flexibility index (Phi) is 7.51. The normalized spacial score (nSPS) is 17.2. The lowest BCUT2D eigenvalue weighted by atomic mass is 10.1. The second-order valence-corrected chi connectivity index (χ2v) is 14.6. The summed E-state index contributed by atoms with van der Waals surface area (Å²) >= 11 is 6.30. The summed E-state index contributed by atoms with van der Waals surface area (Å²) in [6, 6.07) is 3.08. The zero-order chi connectivity index (χ0) is 20.9. The Labute approximate surface area is 178 Å². The smallest absolute Gasteiger partial charge is 0.150 e. The molecule has 6 nitrogen and oxygen atoms in total. The molecule has 1 N–H and O–H groups in total. The first kappa shape index (κ1) is 22.0. The van der Waals surface area contributed by atoms with Crippen molar-refractivity contribution in [2.24, 2.45) is 0 Å². The van der Waals surface area contributed by atoms with Gasteiger partial charge in [-0.1, -0.05) is 31.2 Å². The molecule has 0 spiro atoms. The van der Waals surface area contributed by atoms with E-state index in [1.54, 1.807) is 19.4 Å². The van der Waals surface area contributed by atoms with Gasteiger partial charge in [-0.15, -0.1) is 0 Å². The molecule has 0 radical (unpaired) electrons. The number of aromatic nitrogens is 4. The van der Waals surface area contributed by atoms with E-state index < -0.39 is 8.07 Å². The van der Waals surface area contributed by atoms with Gasteiger partial charge in [-0.05, 0) is 31.4 Å². The van der Waals surface area contributed by atoms with E-state index in [1.165, 1.54) is 12.5 Å². The molecule has 4 heterocycles. The number of nitrogens with zero attached hydrogens (tertiary/aromatic N) is 3. The van der Waals surface area contributed by atoms with Crippen molar-refractivity contribution in [1.29, 1.82) is 0 Å². The lowest BCUT2D eigenvalue weighted by Crippen LogP contribution is -2.21. The molecular weight excluding hydrogens is 404 g/mol. The highest BCUT2D eigenvalue weighted by molar-refractivity contribution is 6.76. The summed E-state index contributed by atoms with van der Waals surface area (Å²) < 4.78 is 12.6. The molecule has 3 aromatic rings. The minimum Gasteiger partial charge on any atom is -0.385 e. The topological polar surface area (TPSA) is 65.0 Å². The fourth-order valence-electron chi connectivity index (χ4n) is 3.22. The molecule has 0 aliphatic carbocycles. The van der Waals surface area contributed by atoms with Gasteiger partial charge in [-0.2, -0.15) is 5.10 Å². The van der Waals surface area contributed by atoms with E-state index in [9.17, 15) is 0 Å². The van der Waals surface area contributed by atoms with Gasteiger partial charge >= 0.3 is 0 Å². The van der Waals surface area contributed by atoms with Crippen molar-refractivity contribution in [2.75, 3.05) is 20.3 Å². The average Bonchev–Trinajstić information content (AvgIpc) is 3.35. The van der Waals surface area contributed by atoms with Crippen molar-refractivity contribution in [3.05, 3.63) is 35.9 Å². The van der Waals surface area contributed by atoms with E-state index in [1.807, 2.05) is 23.3 Å². The zero-order valence-electron chi connectivity index (χ0n) is 17.7. The Morgan fingerprint density at radius 1 is 1.34 bits per heavy atom. The zero-order valence-corrected chi connectivity index (χ0v) is 19.5. The Balaban J connectivity index is 0.000000258. The van der Waals surface area contributed by atoms with Crippen LogP contribution in [0.1, 0.15) is 25.5 Å². The number of aromatic amines is 1. The second-order valence-electron chi connectivity index (χ2n) is 8.55. The van der Waals surface area contributed by atoms with E-state index in [4.69, 9.17) is 21.1 Å². The van der Waals surface area contributed by atoms with Gasteiger partial charge < -0.3 is 14.5 Å². The van der Waals surface area contributed by atoms with Crippen LogP contribution in [-0.4, -0.2) is 48.1 Å². The van der Waals surface area contributed by atoms with Crippen LogP contribution < -0.4 is 0 Å². The van der Waals surface area contributed by atoms with Gasteiger partial charge in [0.25, 0.3) is 0 Å². The first-order chi connectivity index (χ1) is 13.9. The van der Waals surface area contributed by atoms with Gasteiger partial charge in [0.05, 0.1) is 11.2 Å². The van der Waals surface area contributed by atoms with E-state index in [0.29, 0.717) is 5.02 Å². The predicted molar refractivity (Wildman–Crippen MR) is 121 cm³/mol. The van der Waals surface area contributed by atoms with E-state index in [2.05, 4.69) is 34.7 Å². The highest BCUT2D eigenvalue weighted by Gasteiger charge is 2.18. The molecule has 0 saturated carbocycles. The summed E-state index contributed by atoms with van der Waals surface area (Å²) in [5, 5.41) is 6.07. The summed E-state index contributed by atoms with van der Waals surface area (Å²) in [7, 11) is 0.961. The van der Waals surface area contributed by atoms with Crippen molar-refractivity contribution in [1.82, 2.24) is 19.7 Å². The molecule has 0 aromatic carbocycles. The number of fused-ring (bicyclic) bond motifs is 1. The molecule has 1 unspecified atom stereocenters. The van der Waals surface area contributed by atoms with Gasteiger partial charge in [0.1, 0.15) is 11.9 Å². The maximum atomic E-state index is 6.30. The highest BCUT2D eigenvalue weighted by Crippen LogP contribution is 2.33. The fourth-order valence-corrected chi connectivity index (χ4v) is 4.28. The van der Waals surface area contributed by atoms with Crippen LogP contribution in [0, 0.1) is 0 Å². The molecule has 4 rings (SSSR count). The third-order valence-corrected chi connectivity index (χ3v) is 6.96. The van der Waals surface area contributed by atoms with Gasteiger partial charge in [0.2, 0.25) is 0 Å². The van der Waals surface area contributed by atoms with Gasteiger partial charge in [0.15, 0.2) is 0 Å². The van der Waals surface area contributed by atoms with Crippen molar-refractivity contribution < 1.29 is 9.47 Å². The lowest BCUT2D eigenvalue weighted by Gasteiger charge is -2.22. The van der Waals surface area contributed by atoms with E-state index in [-0.39, 0.29) is 6.23 Å². The summed E-state index contributed by atoms with van der Waals surface area (Å²) in [6.45, 7) is 8.81. The Morgan fingerprint density at radius 2 is 2.17 bits per heavy atom. The minimum atomic E-state index is -0.803. The van der Waals surface area contributed by atoms with Crippen molar-refractivity contribution in [2.45, 2.75) is 51.2 Å². The van der Waals surface area contributed by atoms with Gasteiger partial charge in [-0.3, -0.25) is 0 Å². The fraction of sp³-hybridized carbons (Fsp3) is 0.524. The lowest BCUT2D eigenvalue weighted by molar-refractivity contribution is -0.0394. The predicted octanol–water partition coefficient (Wildman–Crippen LogP) is 5.75. The number of methoxy groups -OCH3 is 1. The number of hydrogen-bond acceptors (Lipinski definition) is 4. The third kappa shape index (κ3) is 5.91. The summed E-state index contributed by atoms with van der Waals surface area (Å²) in [6.07, 6.45) is 10.9. The van der Waals surface area contributed by atoms with Crippen LogP contribution in [0.3, 0.4) is 0 Å². The number of pyridine rings is 1. The van der Waals surface area contributed by atoms with Crippen LogP contribution in [0.2, 0.25) is 30.7 Å². The Bertz CT molecular complexity index is 913. The van der Waals surface area contributed by atoms with Gasteiger partial charge in [0, 0.05) is 63.5 Å². The van der Waals surface area contributed by atoms with Crippen LogP contribution in [0.15, 0.2) is 30.9 Å². The van der Waals surface area contributed by atoms with Crippen LogP contribution in [0.25, 0.3) is 22.2 Å². The van der Waals surface area contributed by atoms with Crippen LogP contribution >= 0.6 is 11.6 Å². The maximum absolute atomic E-state index is 6.30. The molecule has 1 aliphatic heterocycles. The standard InChI is InChI=1S/C15H15ClN4O.C6H16OSi/c16-12-4-5-17-15-14(12)11(8-18-15)10-7-19-20(9-10)13-3-1-2-6-21-13;1-7-5-6-8(2,3)4/h4-5,7-9,13H,1-3,6H2,(H,17,18);5-6H2,1-4H3.